The minimum Gasteiger partial charge on any atom is -0.320 e. The first-order valence-electron chi connectivity index (χ1n) is 5.88. The summed E-state index contributed by atoms with van der Waals surface area (Å²) in [5.41, 5.74) is 7.31. The summed E-state index contributed by atoms with van der Waals surface area (Å²) in [5.74, 6) is 0.594. The summed E-state index contributed by atoms with van der Waals surface area (Å²) in [6, 6.07) is 0. The molecule has 0 radical (unpaired) electrons. The minimum atomic E-state index is -0.289. The van der Waals surface area contributed by atoms with Crippen LogP contribution < -0.4 is 5.73 Å². The fraction of sp³-hybridized carbons (Fsp3) is 0.769. The van der Waals surface area contributed by atoms with Crippen molar-refractivity contribution in [1.29, 1.82) is 0 Å². The van der Waals surface area contributed by atoms with Crippen molar-refractivity contribution in [2.75, 3.05) is 0 Å². The van der Waals surface area contributed by atoms with Gasteiger partial charge in [-0.1, -0.05) is 34.6 Å². The Morgan fingerprint density at radius 3 is 2.25 bits per heavy atom. The monoisotopic (exact) mass is 240 g/mol. The van der Waals surface area contributed by atoms with Gasteiger partial charge >= 0.3 is 0 Å². The highest BCUT2D eigenvalue weighted by Gasteiger charge is 2.28. The Bertz CT molecular complexity index is 345. The molecule has 0 amide bonds. The van der Waals surface area contributed by atoms with E-state index in [1.807, 2.05) is 0 Å². The van der Waals surface area contributed by atoms with Gasteiger partial charge in [0.05, 0.1) is 11.2 Å². The molecular formula is C13H24N2S. The van der Waals surface area contributed by atoms with Crippen molar-refractivity contribution in [3.8, 4) is 0 Å². The van der Waals surface area contributed by atoms with Crippen molar-refractivity contribution in [2.24, 2.45) is 11.7 Å². The van der Waals surface area contributed by atoms with Gasteiger partial charge in [0.25, 0.3) is 0 Å². The van der Waals surface area contributed by atoms with Crippen LogP contribution in [0.5, 0.6) is 0 Å². The van der Waals surface area contributed by atoms with Crippen molar-refractivity contribution >= 4 is 11.3 Å². The van der Waals surface area contributed by atoms with Crippen LogP contribution in [0.4, 0.5) is 0 Å². The summed E-state index contributed by atoms with van der Waals surface area (Å²) in [4.78, 5) is 4.70. The number of thiazole rings is 1. The van der Waals surface area contributed by atoms with Gasteiger partial charge in [0, 0.05) is 10.8 Å². The number of hydrogen-bond donors (Lipinski definition) is 1. The molecule has 0 saturated carbocycles. The molecule has 16 heavy (non-hydrogen) atoms. The standard InChI is InChI=1S/C13H24N2S/c1-9(2)7-13(6,14)11-15-10(8-16-11)12(3,4)5/h8-9H,7,14H2,1-6H3. The van der Waals surface area contributed by atoms with E-state index in [2.05, 4.69) is 46.9 Å². The van der Waals surface area contributed by atoms with Crippen LogP contribution in [0.15, 0.2) is 5.38 Å². The lowest BCUT2D eigenvalue weighted by Crippen LogP contribution is -2.34. The molecule has 0 spiro atoms. The van der Waals surface area contributed by atoms with Crippen molar-refractivity contribution in [2.45, 2.75) is 58.9 Å². The first kappa shape index (κ1) is 13.7. The molecule has 1 unspecified atom stereocenters. The van der Waals surface area contributed by atoms with E-state index in [4.69, 9.17) is 10.7 Å². The smallest absolute Gasteiger partial charge is 0.113 e. The highest BCUT2D eigenvalue weighted by atomic mass is 32.1. The van der Waals surface area contributed by atoms with Gasteiger partial charge < -0.3 is 5.73 Å². The molecule has 0 fully saturated rings. The normalized spacial score (nSPS) is 16.5. The second-order valence-corrected chi connectivity index (χ2v) is 7.16. The van der Waals surface area contributed by atoms with Crippen LogP contribution in [0.3, 0.4) is 0 Å². The molecule has 2 N–H and O–H groups in total. The molecule has 0 aliphatic rings. The molecule has 1 aromatic heterocycles. The van der Waals surface area contributed by atoms with Crippen molar-refractivity contribution in [3.05, 3.63) is 16.1 Å². The zero-order valence-electron chi connectivity index (χ0n) is 11.3. The predicted octanol–water partition coefficient (Wildman–Crippen LogP) is 3.66. The van der Waals surface area contributed by atoms with Crippen LogP contribution in [-0.2, 0) is 11.0 Å². The number of nitrogens with two attached hydrogens (primary N) is 1. The van der Waals surface area contributed by atoms with Crippen LogP contribution in [0, 0.1) is 5.92 Å². The van der Waals surface area contributed by atoms with Gasteiger partial charge in [0.2, 0.25) is 0 Å². The maximum atomic E-state index is 6.34. The molecule has 0 saturated heterocycles. The fourth-order valence-electron chi connectivity index (χ4n) is 1.82. The first-order valence-corrected chi connectivity index (χ1v) is 6.76. The third-order valence-electron chi connectivity index (χ3n) is 2.59. The van der Waals surface area contributed by atoms with Gasteiger partial charge in [0.1, 0.15) is 5.01 Å². The molecule has 2 nitrogen and oxygen atoms in total. The van der Waals surface area contributed by atoms with Gasteiger partial charge in [-0.15, -0.1) is 11.3 Å². The van der Waals surface area contributed by atoms with E-state index >= 15 is 0 Å². The summed E-state index contributed by atoms with van der Waals surface area (Å²) in [6.07, 6.45) is 0.976. The summed E-state index contributed by atoms with van der Waals surface area (Å²) < 4.78 is 0. The molecule has 1 atom stereocenters. The van der Waals surface area contributed by atoms with E-state index in [0.29, 0.717) is 5.92 Å². The maximum Gasteiger partial charge on any atom is 0.113 e. The zero-order valence-corrected chi connectivity index (χ0v) is 12.1. The van der Waals surface area contributed by atoms with E-state index in [9.17, 15) is 0 Å². The fourth-order valence-corrected chi connectivity index (χ4v) is 2.95. The average Bonchev–Trinajstić information content (AvgIpc) is 2.47. The number of nitrogens with zero attached hydrogens (tertiary/aromatic N) is 1. The van der Waals surface area contributed by atoms with Crippen LogP contribution >= 0.6 is 11.3 Å². The molecule has 0 bridgehead atoms. The van der Waals surface area contributed by atoms with Crippen molar-refractivity contribution < 1.29 is 0 Å². The lowest BCUT2D eigenvalue weighted by atomic mass is 9.91. The second-order valence-electron chi connectivity index (χ2n) is 6.30. The second kappa shape index (κ2) is 4.46. The van der Waals surface area contributed by atoms with Gasteiger partial charge in [-0.05, 0) is 19.3 Å². The van der Waals surface area contributed by atoms with Gasteiger partial charge in [-0.25, -0.2) is 4.98 Å². The third kappa shape index (κ3) is 3.29. The predicted molar refractivity (Wildman–Crippen MR) is 71.8 cm³/mol. The van der Waals surface area contributed by atoms with Gasteiger partial charge in [-0.3, -0.25) is 0 Å². The van der Waals surface area contributed by atoms with Crippen molar-refractivity contribution in [3.63, 3.8) is 0 Å². The largest absolute Gasteiger partial charge is 0.320 e. The highest BCUT2D eigenvalue weighted by Crippen LogP contribution is 2.31. The Morgan fingerprint density at radius 1 is 1.31 bits per heavy atom. The SMILES string of the molecule is CC(C)CC(C)(N)c1nc(C(C)(C)C)cs1. The average molecular weight is 240 g/mol. The van der Waals surface area contributed by atoms with Gasteiger partial charge in [0.15, 0.2) is 0 Å². The molecular weight excluding hydrogens is 216 g/mol. The Hall–Kier alpha value is -0.410. The molecule has 3 heteroatoms. The summed E-state index contributed by atoms with van der Waals surface area (Å²) in [6.45, 7) is 13.0. The van der Waals surface area contributed by atoms with Crippen LogP contribution in [0.2, 0.25) is 0 Å². The van der Waals surface area contributed by atoms with E-state index < -0.39 is 0 Å². The summed E-state index contributed by atoms with van der Waals surface area (Å²) in [7, 11) is 0. The topological polar surface area (TPSA) is 38.9 Å². The number of aromatic nitrogens is 1. The first-order chi connectivity index (χ1) is 7.13. The minimum absolute atomic E-state index is 0.114. The number of rotatable bonds is 3. The Morgan fingerprint density at radius 2 is 1.88 bits per heavy atom. The maximum absolute atomic E-state index is 6.34. The summed E-state index contributed by atoms with van der Waals surface area (Å²) in [5, 5.41) is 3.20. The van der Waals surface area contributed by atoms with Gasteiger partial charge in [-0.2, -0.15) is 0 Å². The molecule has 1 heterocycles. The summed E-state index contributed by atoms with van der Waals surface area (Å²) >= 11 is 1.69. The Kier molecular flexibility index (Phi) is 3.80. The third-order valence-corrected chi connectivity index (χ3v) is 3.72. The molecule has 0 aliphatic carbocycles. The van der Waals surface area contributed by atoms with E-state index in [0.717, 1.165) is 17.1 Å². The van der Waals surface area contributed by atoms with E-state index in [-0.39, 0.29) is 11.0 Å². The van der Waals surface area contributed by atoms with E-state index in [1.165, 1.54) is 0 Å². The lowest BCUT2D eigenvalue weighted by Gasteiger charge is -2.24. The van der Waals surface area contributed by atoms with Crippen LogP contribution in [-0.4, -0.2) is 4.98 Å². The molecule has 0 aliphatic heterocycles. The molecule has 0 aromatic carbocycles. The quantitative estimate of drug-likeness (QED) is 0.875. The van der Waals surface area contributed by atoms with Crippen molar-refractivity contribution in [1.82, 2.24) is 4.98 Å². The Labute approximate surface area is 103 Å². The lowest BCUT2D eigenvalue weighted by molar-refractivity contribution is 0.377. The van der Waals surface area contributed by atoms with Crippen LogP contribution in [0.25, 0.3) is 0 Å². The number of hydrogen-bond acceptors (Lipinski definition) is 3. The molecule has 1 aromatic rings. The highest BCUT2D eigenvalue weighted by molar-refractivity contribution is 7.09. The van der Waals surface area contributed by atoms with E-state index in [1.54, 1.807) is 11.3 Å². The Balaban J connectivity index is 2.93. The molecule has 1 rings (SSSR count). The molecule has 92 valence electrons. The zero-order chi connectivity index (χ0) is 12.6. The van der Waals surface area contributed by atoms with Crippen LogP contribution in [0.1, 0.15) is 58.7 Å².